The zero-order valence-electron chi connectivity index (χ0n) is 14.8. The SMILES string of the molecule is C#CNNc1cc(Cl)cc(OC(CCC)CCN(C)C(C)=O)c1C. The molecule has 24 heavy (non-hydrogen) atoms. The van der Waals surface area contributed by atoms with Gasteiger partial charge >= 0.3 is 0 Å². The maximum absolute atomic E-state index is 11.4. The molecule has 0 fully saturated rings. The van der Waals surface area contributed by atoms with Crippen LogP contribution < -0.4 is 15.6 Å². The Hall–Kier alpha value is -2.06. The molecule has 0 aromatic heterocycles. The first-order valence-electron chi connectivity index (χ1n) is 8.04. The molecule has 0 saturated heterocycles. The number of halogens is 1. The molecule has 1 rings (SSSR count). The number of anilines is 1. The van der Waals surface area contributed by atoms with Crippen molar-refractivity contribution in [3.63, 3.8) is 0 Å². The second kappa shape index (κ2) is 9.94. The molecule has 0 saturated carbocycles. The van der Waals surface area contributed by atoms with Crippen LogP contribution in [0.15, 0.2) is 12.1 Å². The molecule has 0 aliphatic heterocycles. The van der Waals surface area contributed by atoms with Crippen LogP contribution in [0.1, 0.15) is 38.7 Å². The fourth-order valence-electron chi connectivity index (χ4n) is 2.27. The minimum absolute atomic E-state index is 0.0161. The number of carbonyl (C=O) groups excluding carboxylic acids is 1. The average Bonchev–Trinajstić information content (AvgIpc) is 2.53. The van der Waals surface area contributed by atoms with Crippen LogP contribution in [0, 0.1) is 19.4 Å². The van der Waals surface area contributed by atoms with Gasteiger partial charge in [0.15, 0.2) is 0 Å². The van der Waals surface area contributed by atoms with Crippen molar-refractivity contribution in [3.05, 3.63) is 22.7 Å². The van der Waals surface area contributed by atoms with Gasteiger partial charge in [-0.3, -0.25) is 15.6 Å². The highest BCUT2D eigenvalue weighted by Crippen LogP contribution is 2.31. The van der Waals surface area contributed by atoms with Crippen molar-refractivity contribution in [2.45, 2.75) is 46.1 Å². The topological polar surface area (TPSA) is 53.6 Å². The van der Waals surface area contributed by atoms with E-state index in [1.807, 2.05) is 6.92 Å². The average molecular weight is 352 g/mol. The molecule has 0 radical (unpaired) electrons. The number of benzene rings is 1. The number of rotatable bonds is 9. The van der Waals surface area contributed by atoms with Crippen LogP contribution in [0.3, 0.4) is 0 Å². The monoisotopic (exact) mass is 351 g/mol. The molecule has 1 aromatic carbocycles. The normalized spacial score (nSPS) is 11.3. The van der Waals surface area contributed by atoms with Crippen LogP contribution in [-0.4, -0.2) is 30.5 Å². The summed E-state index contributed by atoms with van der Waals surface area (Å²) in [5, 5.41) is 0.563. The van der Waals surface area contributed by atoms with Gasteiger partial charge in [0.25, 0.3) is 0 Å². The van der Waals surface area contributed by atoms with Gasteiger partial charge in [-0.05, 0) is 25.5 Å². The molecule has 5 nitrogen and oxygen atoms in total. The minimum atomic E-state index is 0.0161. The van der Waals surface area contributed by atoms with Crippen molar-refractivity contribution >= 4 is 23.2 Å². The predicted molar refractivity (Wildman–Crippen MR) is 99.0 cm³/mol. The smallest absolute Gasteiger partial charge is 0.219 e. The molecule has 1 aromatic rings. The summed E-state index contributed by atoms with van der Waals surface area (Å²) in [6, 6.07) is 5.89. The van der Waals surface area contributed by atoms with Crippen LogP contribution in [-0.2, 0) is 4.79 Å². The summed E-state index contributed by atoms with van der Waals surface area (Å²) in [6.45, 7) is 6.27. The van der Waals surface area contributed by atoms with E-state index in [0.717, 1.165) is 30.5 Å². The summed E-state index contributed by atoms with van der Waals surface area (Å²) in [6.07, 6.45) is 7.88. The van der Waals surface area contributed by atoms with Crippen molar-refractivity contribution in [3.8, 4) is 18.2 Å². The molecule has 0 aliphatic carbocycles. The number of hydrazine groups is 1. The van der Waals surface area contributed by atoms with E-state index in [0.29, 0.717) is 17.3 Å². The first-order chi connectivity index (χ1) is 11.4. The van der Waals surface area contributed by atoms with Crippen molar-refractivity contribution in [2.75, 3.05) is 19.0 Å². The summed E-state index contributed by atoms with van der Waals surface area (Å²) in [7, 11) is 1.80. The lowest BCUT2D eigenvalue weighted by atomic mass is 10.1. The first-order valence-corrected chi connectivity index (χ1v) is 8.41. The quantitative estimate of drug-likeness (QED) is 0.405. The van der Waals surface area contributed by atoms with Crippen molar-refractivity contribution in [1.29, 1.82) is 0 Å². The zero-order valence-corrected chi connectivity index (χ0v) is 15.5. The van der Waals surface area contributed by atoms with E-state index in [1.54, 1.807) is 31.0 Å². The molecule has 0 aliphatic rings. The third-order valence-electron chi connectivity index (χ3n) is 3.82. The number of terminal acetylenes is 1. The molecule has 6 heteroatoms. The largest absolute Gasteiger partial charge is 0.490 e. The van der Waals surface area contributed by atoms with Gasteiger partial charge in [0.05, 0.1) is 5.69 Å². The highest BCUT2D eigenvalue weighted by molar-refractivity contribution is 6.31. The molecular weight excluding hydrogens is 326 g/mol. The fourth-order valence-corrected chi connectivity index (χ4v) is 2.48. The Balaban J connectivity index is 2.87. The molecule has 1 atom stereocenters. The number of ether oxygens (including phenoxy) is 1. The Morgan fingerprint density at radius 3 is 2.75 bits per heavy atom. The molecule has 2 N–H and O–H groups in total. The van der Waals surface area contributed by atoms with E-state index in [4.69, 9.17) is 22.8 Å². The van der Waals surface area contributed by atoms with E-state index in [-0.39, 0.29) is 12.0 Å². The van der Waals surface area contributed by atoms with E-state index in [9.17, 15) is 4.79 Å². The van der Waals surface area contributed by atoms with Gasteiger partial charge in [-0.15, -0.1) is 0 Å². The number of nitrogens with one attached hydrogen (secondary N) is 2. The highest BCUT2D eigenvalue weighted by Gasteiger charge is 2.15. The van der Waals surface area contributed by atoms with Gasteiger partial charge in [0.2, 0.25) is 5.91 Å². The Kier molecular flexibility index (Phi) is 8.28. The van der Waals surface area contributed by atoms with Gasteiger partial charge < -0.3 is 9.64 Å². The Morgan fingerprint density at radius 2 is 2.17 bits per heavy atom. The lowest BCUT2D eigenvalue weighted by Crippen LogP contribution is -2.29. The van der Waals surface area contributed by atoms with Crippen molar-refractivity contribution < 1.29 is 9.53 Å². The first kappa shape index (κ1) is 20.0. The van der Waals surface area contributed by atoms with Crippen LogP contribution in [0.2, 0.25) is 5.02 Å². The van der Waals surface area contributed by atoms with Crippen LogP contribution >= 0.6 is 11.6 Å². The van der Waals surface area contributed by atoms with E-state index in [2.05, 4.69) is 23.8 Å². The molecule has 0 heterocycles. The number of hydrogen-bond acceptors (Lipinski definition) is 4. The second-order valence-electron chi connectivity index (χ2n) is 5.73. The molecule has 1 unspecified atom stereocenters. The number of hydrogen-bond donors (Lipinski definition) is 2. The summed E-state index contributed by atoms with van der Waals surface area (Å²) in [5.74, 6) is 0.767. The lowest BCUT2D eigenvalue weighted by Gasteiger charge is -2.24. The van der Waals surface area contributed by atoms with Gasteiger partial charge in [-0.2, -0.15) is 0 Å². The van der Waals surface area contributed by atoms with Crippen molar-refractivity contribution in [1.82, 2.24) is 10.3 Å². The van der Waals surface area contributed by atoms with Crippen LogP contribution in [0.5, 0.6) is 5.75 Å². The Morgan fingerprint density at radius 1 is 1.46 bits per heavy atom. The van der Waals surface area contributed by atoms with Gasteiger partial charge in [0.1, 0.15) is 11.9 Å². The van der Waals surface area contributed by atoms with Gasteiger partial charge in [-0.25, -0.2) is 0 Å². The Labute approximate surface area is 149 Å². The molecule has 132 valence electrons. The molecule has 0 bridgehead atoms. The van der Waals surface area contributed by atoms with Gasteiger partial charge in [-0.1, -0.05) is 31.4 Å². The lowest BCUT2D eigenvalue weighted by molar-refractivity contribution is -0.127. The second-order valence-corrected chi connectivity index (χ2v) is 6.17. The maximum atomic E-state index is 11.4. The Bertz CT molecular complexity index is 599. The standard InChI is InChI=1S/C18H26ClN3O2/c1-6-8-16(9-10-22(5)14(4)23)24-18-12-15(19)11-17(13(18)3)21-20-7-2/h2,11-12,16,20-21H,6,8-10H2,1,3-5H3. The number of carbonyl (C=O) groups is 1. The minimum Gasteiger partial charge on any atom is -0.490 e. The summed E-state index contributed by atoms with van der Waals surface area (Å²) < 4.78 is 6.18. The van der Waals surface area contributed by atoms with Gasteiger partial charge in [0, 0.05) is 43.6 Å². The summed E-state index contributed by atoms with van der Waals surface area (Å²) in [5.41, 5.74) is 7.21. The van der Waals surface area contributed by atoms with Crippen LogP contribution in [0.25, 0.3) is 0 Å². The third kappa shape index (κ3) is 6.21. The van der Waals surface area contributed by atoms with E-state index >= 15 is 0 Å². The molecule has 1 amide bonds. The molecule has 0 spiro atoms. The van der Waals surface area contributed by atoms with E-state index < -0.39 is 0 Å². The summed E-state index contributed by atoms with van der Waals surface area (Å²) >= 11 is 6.18. The zero-order chi connectivity index (χ0) is 18.1. The molecular formula is C18H26ClN3O2. The predicted octanol–water partition coefficient (Wildman–Crippen LogP) is 3.57. The fraction of sp³-hybridized carbons (Fsp3) is 0.500. The van der Waals surface area contributed by atoms with Crippen molar-refractivity contribution in [2.24, 2.45) is 0 Å². The highest BCUT2D eigenvalue weighted by atomic mass is 35.5. The number of amides is 1. The maximum Gasteiger partial charge on any atom is 0.219 e. The third-order valence-corrected chi connectivity index (χ3v) is 4.04. The van der Waals surface area contributed by atoms with E-state index in [1.165, 1.54) is 0 Å². The number of nitrogens with zero attached hydrogens (tertiary/aromatic N) is 1. The van der Waals surface area contributed by atoms with Crippen LogP contribution in [0.4, 0.5) is 5.69 Å². The summed E-state index contributed by atoms with van der Waals surface area (Å²) in [4.78, 5) is 13.0.